The van der Waals surface area contributed by atoms with Crippen molar-refractivity contribution in [1.29, 1.82) is 0 Å². The molecular formula is C12H26N2. The molecule has 0 spiro atoms. The molecule has 2 heteroatoms. The van der Waals surface area contributed by atoms with Crippen molar-refractivity contribution in [2.45, 2.75) is 39.0 Å². The van der Waals surface area contributed by atoms with E-state index < -0.39 is 0 Å². The lowest BCUT2D eigenvalue weighted by atomic mass is 10.2. The molecule has 1 N–H and O–H groups in total. The Kier molecular flexibility index (Phi) is 6.20. The third kappa shape index (κ3) is 4.97. The summed E-state index contributed by atoms with van der Waals surface area (Å²) in [5.74, 6) is 0.944. The van der Waals surface area contributed by atoms with Crippen LogP contribution in [0.5, 0.6) is 0 Å². The second-order valence-corrected chi connectivity index (χ2v) is 4.71. The van der Waals surface area contributed by atoms with Crippen LogP contribution >= 0.6 is 0 Å². The fourth-order valence-corrected chi connectivity index (χ4v) is 2.22. The van der Waals surface area contributed by atoms with E-state index in [0.717, 1.165) is 5.92 Å². The molecule has 0 amide bonds. The number of likely N-dealkylation sites (tertiary alicyclic amines) is 1. The molecule has 1 aliphatic rings. The van der Waals surface area contributed by atoms with Crippen LogP contribution in [-0.2, 0) is 0 Å². The van der Waals surface area contributed by atoms with Crippen molar-refractivity contribution in [1.82, 2.24) is 10.2 Å². The van der Waals surface area contributed by atoms with Crippen LogP contribution in [0.15, 0.2) is 0 Å². The Morgan fingerprint density at radius 2 is 2.00 bits per heavy atom. The molecule has 1 fully saturated rings. The molecule has 0 aromatic rings. The summed E-state index contributed by atoms with van der Waals surface area (Å²) in [6.07, 6.45) is 6.96. The van der Waals surface area contributed by atoms with Gasteiger partial charge in [0.1, 0.15) is 0 Å². The van der Waals surface area contributed by atoms with Gasteiger partial charge in [0.15, 0.2) is 0 Å². The molecule has 1 unspecified atom stereocenters. The predicted molar refractivity (Wildman–Crippen MR) is 62.6 cm³/mol. The lowest BCUT2D eigenvalue weighted by Gasteiger charge is -2.14. The molecule has 0 aromatic heterocycles. The first-order valence-corrected chi connectivity index (χ1v) is 6.20. The first-order valence-electron chi connectivity index (χ1n) is 6.20. The highest BCUT2D eigenvalue weighted by molar-refractivity contribution is 4.71. The van der Waals surface area contributed by atoms with Gasteiger partial charge in [0.05, 0.1) is 0 Å². The van der Waals surface area contributed by atoms with Crippen LogP contribution in [0.3, 0.4) is 0 Å². The maximum Gasteiger partial charge on any atom is 0.000750 e. The van der Waals surface area contributed by atoms with Crippen LogP contribution in [0.2, 0.25) is 0 Å². The third-order valence-electron chi connectivity index (χ3n) is 3.16. The SMILES string of the molecule is CNCCCCCCN1CCC(C)C1. The van der Waals surface area contributed by atoms with E-state index in [9.17, 15) is 0 Å². The molecule has 0 saturated carbocycles. The molecule has 0 aliphatic carbocycles. The Morgan fingerprint density at radius 1 is 1.21 bits per heavy atom. The fourth-order valence-electron chi connectivity index (χ4n) is 2.22. The number of unbranched alkanes of at least 4 members (excludes halogenated alkanes) is 3. The number of hydrogen-bond acceptors (Lipinski definition) is 2. The summed E-state index contributed by atoms with van der Waals surface area (Å²) in [5, 5.41) is 3.20. The van der Waals surface area contributed by atoms with Gasteiger partial charge in [0.2, 0.25) is 0 Å². The zero-order valence-corrected chi connectivity index (χ0v) is 9.89. The quantitative estimate of drug-likeness (QED) is 0.630. The van der Waals surface area contributed by atoms with Crippen LogP contribution in [0.25, 0.3) is 0 Å². The monoisotopic (exact) mass is 198 g/mol. The standard InChI is InChI=1S/C12H26N2/c1-12-7-10-14(11-12)9-6-4-3-5-8-13-2/h12-13H,3-11H2,1-2H3. The Morgan fingerprint density at radius 3 is 2.64 bits per heavy atom. The van der Waals surface area contributed by atoms with Gasteiger partial charge in [-0.1, -0.05) is 19.8 Å². The van der Waals surface area contributed by atoms with E-state index in [0.29, 0.717) is 0 Å². The summed E-state index contributed by atoms with van der Waals surface area (Å²) >= 11 is 0. The van der Waals surface area contributed by atoms with E-state index in [4.69, 9.17) is 0 Å². The molecule has 0 radical (unpaired) electrons. The van der Waals surface area contributed by atoms with Crippen LogP contribution in [-0.4, -0.2) is 38.1 Å². The van der Waals surface area contributed by atoms with Crippen LogP contribution < -0.4 is 5.32 Å². The molecule has 1 aliphatic heterocycles. The normalized spacial score (nSPS) is 23.1. The second kappa shape index (κ2) is 7.24. The van der Waals surface area contributed by atoms with Crippen molar-refractivity contribution in [3.05, 3.63) is 0 Å². The van der Waals surface area contributed by atoms with Crippen molar-refractivity contribution < 1.29 is 0 Å². The lowest BCUT2D eigenvalue weighted by molar-refractivity contribution is 0.318. The highest BCUT2D eigenvalue weighted by Crippen LogP contribution is 2.15. The Bertz CT molecular complexity index is 136. The zero-order chi connectivity index (χ0) is 10.2. The molecule has 1 saturated heterocycles. The minimum atomic E-state index is 0.944. The summed E-state index contributed by atoms with van der Waals surface area (Å²) in [7, 11) is 2.03. The summed E-state index contributed by atoms with van der Waals surface area (Å²) in [6.45, 7) is 7.58. The first kappa shape index (κ1) is 12.0. The van der Waals surface area contributed by atoms with Crippen molar-refractivity contribution in [2.75, 3.05) is 33.2 Å². The fraction of sp³-hybridized carbons (Fsp3) is 1.00. The smallest absolute Gasteiger partial charge is 0.000750 e. The van der Waals surface area contributed by atoms with Crippen LogP contribution in [0.4, 0.5) is 0 Å². The largest absolute Gasteiger partial charge is 0.320 e. The molecular weight excluding hydrogens is 172 g/mol. The predicted octanol–water partition coefficient (Wildman–Crippen LogP) is 2.11. The van der Waals surface area contributed by atoms with Gasteiger partial charge >= 0.3 is 0 Å². The number of nitrogens with one attached hydrogen (secondary N) is 1. The summed E-state index contributed by atoms with van der Waals surface area (Å²) in [5.41, 5.74) is 0. The van der Waals surface area contributed by atoms with Gasteiger partial charge in [-0.25, -0.2) is 0 Å². The Labute approximate surface area is 89.1 Å². The van der Waals surface area contributed by atoms with Crippen LogP contribution in [0.1, 0.15) is 39.0 Å². The minimum Gasteiger partial charge on any atom is -0.320 e. The average Bonchev–Trinajstić information content (AvgIpc) is 2.58. The topological polar surface area (TPSA) is 15.3 Å². The van der Waals surface area contributed by atoms with Gasteiger partial charge in [0, 0.05) is 6.54 Å². The first-order chi connectivity index (χ1) is 6.83. The maximum atomic E-state index is 3.20. The van der Waals surface area contributed by atoms with Crippen molar-refractivity contribution in [3.8, 4) is 0 Å². The van der Waals surface area contributed by atoms with Crippen LogP contribution in [0, 0.1) is 5.92 Å². The molecule has 1 rings (SSSR count). The van der Waals surface area contributed by atoms with E-state index in [2.05, 4.69) is 17.1 Å². The van der Waals surface area contributed by atoms with Crippen molar-refractivity contribution in [2.24, 2.45) is 5.92 Å². The van der Waals surface area contributed by atoms with Gasteiger partial charge in [-0.3, -0.25) is 0 Å². The van der Waals surface area contributed by atoms with Gasteiger partial charge in [0.25, 0.3) is 0 Å². The van der Waals surface area contributed by atoms with Gasteiger partial charge in [-0.15, -0.1) is 0 Å². The molecule has 14 heavy (non-hydrogen) atoms. The zero-order valence-electron chi connectivity index (χ0n) is 9.89. The number of nitrogens with zero attached hydrogens (tertiary/aromatic N) is 1. The van der Waals surface area contributed by atoms with Crippen molar-refractivity contribution in [3.63, 3.8) is 0 Å². The Balaban J connectivity index is 1.84. The van der Waals surface area contributed by atoms with Gasteiger partial charge < -0.3 is 10.2 Å². The van der Waals surface area contributed by atoms with Gasteiger partial charge in [-0.05, 0) is 51.9 Å². The number of hydrogen-bond donors (Lipinski definition) is 1. The molecule has 1 atom stereocenters. The molecule has 0 aromatic carbocycles. The van der Waals surface area contributed by atoms with E-state index >= 15 is 0 Å². The van der Waals surface area contributed by atoms with Crippen molar-refractivity contribution >= 4 is 0 Å². The minimum absolute atomic E-state index is 0.944. The Hall–Kier alpha value is -0.0800. The molecule has 2 nitrogen and oxygen atoms in total. The van der Waals surface area contributed by atoms with E-state index in [1.165, 1.54) is 58.3 Å². The van der Waals surface area contributed by atoms with E-state index in [1.807, 2.05) is 7.05 Å². The molecule has 84 valence electrons. The lowest BCUT2D eigenvalue weighted by Crippen LogP contribution is -2.21. The maximum absolute atomic E-state index is 3.20. The number of rotatable bonds is 7. The summed E-state index contributed by atoms with van der Waals surface area (Å²) in [4.78, 5) is 2.63. The average molecular weight is 198 g/mol. The van der Waals surface area contributed by atoms with E-state index in [-0.39, 0.29) is 0 Å². The molecule has 1 heterocycles. The summed E-state index contributed by atoms with van der Waals surface area (Å²) in [6, 6.07) is 0. The molecule has 0 bridgehead atoms. The van der Waals surface area contributed by atoms with Gasteiger partial charge in [-0.2, -0.15) is 0 Å². The van der Waals surface area contributed by atoms with E-state index in [1.54, 1.807) is 0 Å². The highest BCUT2D eigenvalue weighted by atomic mass is 15.1. The second-order valence-electron chi connectivity index (χ2n) is 4.71. The summed E-state index contributed by atoms with van der Waals surface area (Å²) < 4.78 is 0. The highest BCUT2D eigenvalue weighted by Gasteiger charge is 2.17. The third-order valence-corrected chi connectivity index (χ3v) is 3.16.